The second-order valence-electron chi connectivity index (χ2n) is 24.2. The summed E-state index contributed by atoms with van der Waals surface area (Å²) < 4.78 is 28.6. The molecule has 402 valence electrons. The Morgan fingerprint density at radius 3 is 0.919 bits per heavy atom. The predicted molar refractivity (Wildman–Crippen MR) is 312 cm³/mol. The number of carbonyl (C=O) groups excluding carboxylic acids is 1. The van der Waals surface area contributed by atoms with E-state index in [-0.39, 0.29) is 22.2 Å². The number of hydrogen-bond acceptors (Lipinski definition) is 6. The molecular formula is C67H94N2O5. The van der Waals surface area contributed by atoms with Crippen molar-refractivity contribution >= 4 is 17.3 Å². The largest absolute Gasteiger partial charge is 0.493 e. The minimum atomic E-state index is -0.196. The lowest BCUT2D eigenvalue weighted by molar-refractivity contribution is 0.102. The van der Waals surface area contributed by atoms with Crippen LogP contribution in [0.1, 0.15) is 239 Å². The van der Waals surface area contributed by atoms with Crippen molar-refractivity contribution in [3.63, 3.8) is 0 Å². The van der Waals surface area contributed by atoms with Gasteiger partial charge in [-0.2, -0.15) is 0 Å². The highest BCUT2D eigenvalue weighted by molar-refractivity contribution is 6.04. The van der Waals surface area contributed by atoms with Gasteiger partial charge in [-0.1, -0.05) is 178 Å². The minimum absolute atomic E-state index is 0.127. The third-order valence-corrected chi connectivity index (χ3v) is 14.5. The highest BCUT2D eigenvalue weighted by Crippen LogP contribution is 2.44. The molecule has 0 saturated heterocycles. The first-order chi connectivity index (χ1) is 35.2. The molecule has 74 heavy (non-hydrogen) atoms. The van der Waals surface area contributed by atoms with Crippen molar-refractivity contribution < 1.29 is 23.7 Å². The second kappa shape index (κ2) is 26.4. The fourth-order valence-electron chi connectivity index (χ4n) is 9.94. The summed E-state index contributed by atoms with van der Waals surface area (Å²) in [6.07, 6.45) is 15.0. The van der Waals surface area contributed by atoms with E-state index in [1.54, 1.807) is 24.3 Å². The van der Waals surface area contributed by atoms with Crippen LogP contribution in [0.25, 0.3) is 0 Å². The maximum absolute atomic E-state index is 14.2. The number of nitrogens with one attached hydrogen (secondary N) is 1. The Morgan fingerprint density at radius 1 is 0.419 bits per heavy atom. The van der Waals surface area contributed by atoms with Crippen molar-refractivity contribution in [2.45, 2.75) is 209 Å². The maximum atomic E-state index is 14.2. The Bertz CT molecular complexity index is 2500. The maximum Gasteiger partial charge on any atom is 0.255 e. The lowest BCUT2D eigenvalue weighted by Crippen LogP contribution is -2.17. The molecule has 7 heteroatoms. The Kier molecular flexibility index (Phi) is 20.6. The van der Waals surface area contributed by atoms with Gasteiger partial charge in [0, 0.05) is 53.7 Å². The number of nitrogen functional groups attached to an aromatic ring is 1. The van der Waals surface area contributed by atoms with Crippen LogP contribution in [-0.2, 0) is 41.9 Å². The van der Waals surface area contributed by atoms with Crippen molar-refractivity contribution in [2.75, 3.05) is 37.5 Å². The summed E-state index contributed by atoms with van der Waals surface area (Å²) >= 11 is 0. The molecule has 8 bridgehead atoms. The first-order valence-electron chi connectivity index (χ1n) is 28.6. The van der Waals surface area contributed by atoms with Crippen LogP contribution in [0.15, 0.2) is 72.8 Å². The van der Waals surface area contributed by atoms with Gasteiger partial charge in [-0.05, 0) is 128 Å². The molecule has 0 aromatic heterocycles. The third kappa shape index (κ3) is 15.8. The summed E-state index contributed by atoms with van der Waals surface area (Å²) in [5.41, 5.74) is 20.2. The summed E-state index contributed by atoms with van der Waals surface area (Å²) in [7, 11) is 0. The van der Waals surface area contributed by atoms with Crippen molar-refractivity contribution in [3.05, 3.63) is 140 Å². The summed E-state index contributed by atoms with van der Waals surface area (Å²) in [5.74, 6) is 3.51. The van der Waals surface area contributed by atoms with E-state index in [1.165, 1.54) is 27.8 Å². The number of rotatable bonds is 22. The molecule has 1 aliphatic carbocycles. The molecule has 0 saturated carbocycles. The lowest BCUT2D eigenvalue weighted by atomic mass is 9.80. The molecule has 0 unspecified atom stereocenters. The number of amides is 1. The van der Waals surface area contributed by atoms with E-state index in [0.717, 1.165) is 133 Å². The highest BCUT2D eigenvalue weighted by atomic mass is 16.5. The van der Waals surface area contributed by atoms with Gasteiger partial charge in [0.15, 0.2) is 0 Å². The molecule has 1 amide bonds. The Morgan fingerprint density at radius 2 is 0.676 bits per heavy atom. The number of fused-ring (bicyclic) bond motifs is 8. The van der Waals surface area contributed by atoms with Gasteiger partial charge in [0.1, 0.15) is 23.0 Å². The number of ether oxygens (including phenoxy) is 4. The Labute approximate surface area is 448 Å². The topological polar surface area (TPSA) is 92.0 Å². The van der Waals surface area contributed by atoms with Gasteiger partial charge < -0.3 is 30.0 Å². The SMILES string of the molecule is CCCCCOc1c2cc(NC(=O)c3ccc(N)cc3)cc1Cc1cc(C(C)(C)C)cc(c1OCCCCC)Cc1cc(C(C)(C)C)cc(c1OCCCCC)Cc1cc(C(C)(C)C)cc(c1OCCCCC)C2. The standard InChI is InChI=1S/C67H94N2O5/c1-14-18-22-30-71-60-47-34-49-40-56(66(8,9)10)42-51(61(49)72-31-23-19-15-2)36-53-44-59(69-64(70)46-26-28-58(68)29-27-46)45-54(63(53)74-33-25-21-17-4)37-52-43-57(67(11,12)13)41-50(62(52)73-32-24-20-16-3)35-48(60)39-55(38-47)65(5,6)7/h26-29,38-45H,14-25,30-37,68H2,1-13H3,(H,69,70). The number of benzene rings is 5. The monoisotopic (exact) mass is 1010 g/mol. The minimum Gasteiger partial charge on any atom is -0.493 e. The molecule has 7 nitrogen and oxygen atoms in total. The zero-order chi connectivity index (χ0) is 53.6. The van der Waals surface area contributed by atoms with Crippen molar-refractivity contribution in [3.8, 4) is 23.0 Å². The van der Waals surface area contributed by atoms with E-state index in [1.807, 2.05) is 0 Å². The molecular weight excluding hydrogens is 913 g/mol. The molecule has 3 N–H and O–H groups in total. The summed E-state index contributed by atoms with van der Waals surface area (Å²) in [5, 5.41) is 3.33. The summed E-state index contributed by atoms with van der Waals surface area (Å²) in [4.78, 5) is 14.2. The van der Waals surface area contributed by atoms with Crippen LogP contribution in [0, 0.1) is 0 Å². The van der Waals surface area contributed by atoms with E-state index in [2.05, 4.69) is 144 Å². The van der Waals surface area contributed by atoms with Crippen LogP contribution in [0.3, 0.4) is 0 Å². The second-order valence-corrected chi connectivity index (χ2v) is 24.2. The zero-order valence-corrected chi connectivity index (χ0v) is 48.2. The third-order valence-electron chi connectivity index (χ3n) is 14.5. The fraction of sp³-hybridized carbons (Fsp3) is 0.537. The van der Waals surface area contributed by atoms with Crippen molar-refractivity contribution in [2.24, 2.45) is 0 Å². The van der Waals surface area contributed by atoms with Gasteiger partial charge >= 0.3 is 0 Å². The highest BCUT2D eigenvalue weighted by Gasteiger charge is 2.29. The number of anilines is 2. The molecule has 0 atom stereocenters. The first kappa shape index (κ1) is 57.8. The van der Waals surface area contributed by atoms with Gasteiger partial charge in [0.25, 0.3) is 5.91 Å². The smallest absolute Gasteiger partial charge is 0.255 e. The van der Waals surface area contributed by atoms with E-state index in [9.17, 15) is 4.79 Å². The van der Waals surface area contributed by atoms with Crippen LogP contribution < -0.4 is 30.0 Å². The van der Waals surface area contributed by atoms with Crippen LogP contribution in [0.2, 0.25) is 0 Å². The Balaban J connectivity index is 1.76. The van der Waals surface area contributed by atoms with Gasteiger partial charge in [-0.3, -0.25) is 4.79 Å². The molecule has 0 aliphatic heterocycles. The van der Waals surface area contributed by atoms with Crippen molar-refractivity contribution in [1.29, 1.82) is 0 Å². The van der Waals surface area contributed by atoms with Gasteiger partial charge in [0.05, 0.1) is 26.4 Å². The van der Waals surface area contributed by atoms with E-state index in [0.29, 0.717) is 69.0 Å². The van der Waals surface area contributed by atoms with E-state index >= 15 is 0 Å². The van der Waals surface area contributed by atoms with Crippen LogP contribution in [0.5, 0.6) is 23.0 Å². The van der Waals surface area contributed by atoms with E-state index in [4.69, 9.17) is 24.7 Å². The zero-order valence-electron chi connectivity index (χ0n) is 48.2. The molecule has 5 aromatic carbocycles. The predicted octanol–water partition coefficient (Wildman–Crippen LogP) is 17.4. The number of unbranched alkanes of at least 4 members (excludes halogenated alkanes) is 8. The van der Waals surface area contributed by atoms with Crippen LogP contribution in [-0.4, -0.2) is 32.3 Å². The average molecular weight is 1010 g/mol. The molecule has 0 fully saturated rings. The molecule has 1 aliphatic rings. The van der Waals surface area contributed by atoms with Gasteiger partial charge in [-0.15, -0.1) is 0 Å². The molecule has 0 heterocycles. The molecule has 0 radical (unpaired) electrons. The average Bonchev–Trinajstić information content (AvgIpc) is 3.33. The number of hydrogen-bond donors (Lipinski definition) is 2. The first-order valence-corrected chi connectivity index (χ1v) is 28.6. The molecule has 0 spiro atoms. The van der Waals surface area contributed by atoms with Crippen LogP contribution in [0.4, 0.5) is 11.4 Å². The molecule has 6 rings (SSSR count). The number of carbonyl (C=O) groups is 1. The van der Waals surface area contributed by atoms with Gasteiger partial charge in [-0.25, -0.2) is 0 Å². The normalized spacial score (nSPS) is 12.9. The lowest BCUT2D eigenvalue weighted by Gasteiger charge is -2.29. The number of nitrogens with two attached hydrogens (primary N) is 1. The molecule has 5 aromatic rings. The van der Waals surface area contributed by atoms with Gasteiger partial charge in [0.2, 0.25) is 0 Å². The van der Waals surface area contributed by atoms with Crippen molar-refractivity contribution in [1.82, 2.24) is 0 Å². The summed E-state index contributed by atoms with van der Waals surface area (Å²) in [6.45, 7) is 32.2. The Hall–Kier alpha value is -5.43. The summed E-state index contributed by atoms with van der Waals surface area (Å²) in [6, 6.07) is 25.8. The quantitative estimate of drug-likeness (QED) is 0.0520. The fourth-order valence-corrected chi connectivity index (χ4v) is 9.94. The van der Waals surface area contributed by atoms with Crippen LogP contribution >= 0.6 is 0 Å². The van der Waals surface area contributed by atoms with E-state index < -0.39 is 0 Å².